The zero-order valence-electron chi connectivity index (χ0n) is 9.55. The molecule has 0 saturated heterocycles. The molecule has 1 aromatic rings. The molecule has 0 bridgehead atoms. The third-order valence-electron chi connectivity index (χ3n) is 2.44. The van der Waals surface area contributed by atoms with Gasteiger partial charge >= 0.3 is 5.97 Å². The molecule has 0 saturated carbocycles. The summed E-state index contributed by atoms with van der Waals surface area (Å²) >= 11 is 1.65. The predicted octanol–water partition coefficient (Wildman–Crippen LogP) is 1.59. The molecule has 1 heterocycles. The van der Waals surface area contributed by atoms with Crippen molar-refractivity contribution in [2.75, 3.05) is 20.2 Å². The number of thioether (sulfide) groups is 1. The third kappa shape index (κ3) is 3.23. The summed E-state index contributed by atoms with van der Waals surface area (Å²) in [4.78, 5) is 15.3. The van der Waals surface area contributed by atoms with Crippen molar-refractivity contribution in [3.63, 3.8) is 0 Å². The molecular formula is C12H14N2O2S. The summed E-state index contributed by atoms with van der Waals surface area (Å²) < 4.78 is 4.56. The topological polar surface area (TPSA) is 50.7 Å². The van der Waals surface area contributed by atoms with Gasteiger partial charge in [0.25, 0.3) is 0 Å². The second-order valence-corrected chi connectivity index (χ2v) is 4.78. The molecule has 17 heavy (non-hydrogen) atoms. The van der Waals surface area contributed by atoms with Crippen LogP contribution in [0.25, 0.3) is 0 Å². The number of carbonyl (C=O) groups is 1. The average Bonchev–Trinajstić information content (AvgIpc) is 2.86. The van der Waals surface area contributed by atoms with E-state index in [0.717, 1.165) is 11.7 Å². The Morgan fingerprint density at radius 1 is 1.53 bits per heavy atom. The van der Waals surface area contributed by atoms with Gasteiger partial charge in [0.2, 0.25) is 0 Å². The Morgan fingerprint density at radius 2 is 2.29 bits per heavy atom. The van der Waals surface area contributed by atoms with Crippen LogP contribution in [0.1, 0.15) is 10.8 Å². The van der Waals surface area contributed by atoms with E-state index in [0.29, 0.717) is 5.25 Å². The second-order valence-electron chi connectivity index (χ2n) is 3.59. The van der Waals surface area contributed by atoms with Gasteiger partial charge in [-0.3, -0.25) is 9.79 Å². The SMILES string of the molecule is COC(=O)CNC1=NCC(c2ccccc2)S1. The molecule has 0 aliphatic carbocycles. The fraction of sp³-hybridized carbons (Fsp3) is 0.333. The molecule has 90 valence electrons. The van der Waals surface area contributed by atoms with Crippen LogP contribution in [0, 0.1) is 0 Å². The van der Waals surface area contributed by atoms with Gasteiger partial charge in [-0.25, -0.2) is 0 Å². The van der Waals surface area contributed by atoms with E-state index in [-0.39, 0.29) is 12.5 Å². The van der Waals surface area contributed by atoms with Crippen LogP contribution in [-0.4, -0.2) is 31.3 Å². The number of methoxy groups -OCH3 is 1. The van der Waals surface area contributed by atoms with Gasteiger partial charge in [0.1, 0.15) is 6.54 Å². The molecule has 1 aromatic carbocycles. The minimum Gasteiger partial charge on any atom is -0.468 e. The molecule has 0 amide bonds. The molecular weight excluding hydrogens is 236 g/mol. The first kappa shape index (κ1) is 12.0. The van der Waals surface area contributed by atoms with E-state index in [1.807, 2.05) is 18.2 Å². The Kier molecular flexibility index (Phi) is 4.03. The quantitative estimate of drug-likeness (QED) is 0.828. The number of carbonyl (C=O) groups excluding carboxylic acids is 1. The van der Waals surface area contributed by atoms with Gasteiger partial charge in [-0.05, 0) is 5.56 Å². The Morgan fingerprint density at radius 3 is 3.00 bits per heavy atom. The van der Waals surface area contributed by atoms with Gasteiger partial charge in [-0.2, -0.15) is 0 Å². The van der Waals surface area contributed by atoms with Crippen molar-refractivity contribution in [1.29, 1.82) is 0 Å². The molecule has 1 N–H and O–H groups in total. The van der Waals surface area contributed by atoms with Crippen molar-refractivity contribution in [1.82, 2.24) is 5.32 Å². The van der Waals surface area contributed by atoms with Crippen LogP contribution in [0.2, 0.25) is 0 Å². The van der Waals surface area contributed by atoms with E-state index in [4.69, 9.17) is 0 Å². The summed E-state index contributed by atoms with van der Waals surface area (Å²) in [6, 6.07) is 10.2. The highest BCUT2D eigenvalue weighted by Gasteiger charge is 2.21. The Labute approximate surface area is 104 Å². The van der Waals surface area contributed by atoms with Crippen molar-refractivity contribution in [3.8, 4) is 0 Å². The minimum atomic E-state index is -0.281. The van der Waals surface area contributed by atoms with Crippen molar-refractivity contribution in [2.24, 2.45) is 4.99 Å². The van der Waals surface area contributed by atoms with Crippen LogP contribution < -0.4 is 5.32 Å². The summed E-state index contributed by atoms with van der Waals surface area (Å²) in [5.41, 5.74) is 1.26. The molecule has 0 fully saturated rings. The standard InChI is InChI=1S/C12H14N2O2S/c1-16-11(15)8-14-12-13-7-10(17-12)9-5-3-2-4-6-9/h2-6,10H,7-8H2,1H3,(H,13,14). The number of rotatable bonds is 3. The van der Waals surface area contributed by atoms with E-state index in [9.17, 15) is 4.79 Å². The van der Waals surface area contributed by atoms with Crippen LogP contribution in [0.4, 0.5) is 0 Å². The lowest BCUT2D eigenvalue weighted by atomic mass is 10.1. The van der Waals surface area contributed by atoms with Crippen molar-refractivity contribution >= 4 is 22.9 Å². The Bertz CT molecular complexity index is 420. The maximum Gasteiger partial charge on any atom is 0.325 e. The second kappa shape index (κ2) is 5.72. The molecule has 2 rings (SSSR count). The van der Waals surface area contributed by atoms with E-state index in [1.165, 1.54) is 12.7 Å². The smallest absolute Gasteiger partial charge is 0.325 e. The number of benzene rings is 1. The van der Waals surface area contributed by atoms with Gasteiger partial charge in [-0.15, -0.1) is 0 Å². The molecule has 5 heteroatoms. The predicted molar refractivity (Wildman–Crippen MR) is 69.1 cm³/mol. The summed E-state index contributed by atoms with van der Waals surface area (Å²) in [7, 11) is 1.38. The minimum absolute atomic E-state index is 0.170. The summed E-state index contributed by atoms with van der Waals surface area (Å²) in [5.74, 6) is -0.281. The molecule has 1 atom stereocenters. The third-order valence-corrected chi connectivity index (χ3v) is 3.64. The van der Waals surface area contributed by atoms with Gasteiger partial charge in [0.15, 0.2) is 5.17 Å². The van der Waals surface area contributed by atoms with Crippen molar-refractivity contribution < 1.29 is 9.53 Å². The van der Waals surface area contributed by atoms with Crippen LogP contribution in [-0.2, 0) is 9.53 Å². The number of hydrogen-bond donors (Lipinski definition) is 1. The highest BCUT2D eigenvalue weighted by Crippen LogP contribution is 2.33. The van der Waals surface area contributed by atoms with Gasteiger partial charge < -0.3 is 10.1 Å². The largest absolute Gasteiger partial charge is 0.468 e. The van der Waals surface area contributed by atoms with E-state index in [1.54, 1.807) is 11.8 Å². The van der Waals surface area contributed by atoms with Crippen molar-refractivity contribution in [2.45, 2.75) is 5.25 Å². The lowest BCUT2D eigenvalue weighted by Gasteiger charge is -2.08. The molecule has 0 spiro atoms. The normalized spacial score (nSPS) is 18.6. The molecule has 1 aliphatic heterocycles. The molecule has 0 radical (unpaired) electrons. The number of hydrogen-bond acceptors (Lipinski definition) is 5. The van der Waals surface area contributed by atoms with Crippen LogP contribution in [0.15, 0.2) is 35.3 Å². The van der Waals surface area contributed by atoms with Gasteiger partial charge in [0.05, 0.1) is 18.9 Å². The number of nitrogens with zero attached hydrogens (tertiary/aromatic N) is 1. The maximum absolute atomic E-state index is 11.0. The summed E-state index contributed by atoms with van der Waals surface area (Å²) in [5, 5.41) is 4.12. The van der Waals surface area contributed by atoms with Crippen LogP contribution in [0.5, 0.6) is 0 Å². The van der Waals surface area contributed by atoms with E-state index < -0.39 is 0 Å². The number of nitrogens with one attached hydrogen (secondary N) is 1. The molecule has 4 nitrogen and oxygen atoms in total. The zero-order valence-corrected chi connectivity index (χ0v) is 10.4. The van der Waals surface area contributed by atoms with Crippen molar-refractivity contribution in [3.05, 3.63) is 35.9 Å². The lowest BCUT2D eigenvalue weighted by molar-refractivity contribution is -0.139. The van der Waals surface area contributed by atoms with Crippen LogP contribution >= 0.6 is 11.8 Å². The number of esters is 1. The highest BCUT2D eigenvalue weighted by molar-refractivity contribution is 8.14. The van der Waals surface area contributed by atoms with E-state index in [2.05, 4.69) is 27.2 Å². The number of amidine groups is 1. The van der Waals surface area contributed by atoms with Gasteiger partial charge in [-0.1, -0.05) is 42.1 Å². The fourth-order valence-electron chi connectivity index (χ4n) is 1.53. The van der Waals surface area contributed by atoms with Gasteiger partial charge in [0, 0.05) is 0 Å². The average molecular weight is 250 g/mol. The Hall–Kier alpha value is -1.49. The summed E-state index contributed by atoms with van der Waals surface area (Å²) in [6.45, 7) is 0.919. The maximum atomic E-state index is 11.0. The lowest BCUT2D eigenvalue weighted by Crippen LogP contribution is -2.27. The highest BCUT2D eigenvalue weighted by atomic mass is 32.2. The first-order valence-corrected chi connectivity index (χ1v) is 6.24. The first-order chi connectivity index (χ1) is 8.29. The Balaban J connectivity index is 1.85. The number of ether oxygens (including phenoxy) is 1. The number of aliphatic imine (C=N–C) groups is 1. The molecule has 0 aromatic heterocycles. The zero-order chi connectivity index (χ0) is 12.1. The molecule has 1 unspecified atom stereocenters. The monoisotopic (exact) mass is 250 g/mol. The molecule has 1 aliphatic rings. The fourth-order valence-corrected chi connectivity index (χ4v) is 2.55. The van der Waals surface area contributed by atoms with Crippen LogP contribution in [0.3, 0.4) is 0 Å². The summed E-state index contributed by atoms with van der Waals surface area (Å²) in [6.07, 6.45) is 0. The van der Waals surface area contributed by atoms with E-state index >= 15 is 0 Å². The first-order valence-electron chi connectivity index (χ1n) is 5.36.